The summed E-state index contributed by atoms with van der Waals surface area (Å²) in [5.41, 5.74) is 1.92. The standard InChI is InChI=1S/C19H18FN7O/c1-13-5-6-15(9-21-13)23-19(28)24-16-4-2-3-14(18(16)20)10-26-7-8-27-12-22-25-17(27)11-26/h2-9,11H,10,12H2,1H3,(H2,23,24,28). The molecule has 2 aliphatic rings. The van der Waals surface area contributed by atoms with E-state index >= 15 is 0 Å². The fourth-order valence-electron chi connectivity index (χ4n) is 2.80. The minimum Gasteiger partial charge on any atom is -0.345 e. The molecule has 0 spiro atoms. The third kappa shape index (κ3) is 3.83. The van der Waals surface area contributed by atoms with Crippen LogP contribution in [-0.2, 0) is 6.54 Å². The maximum atomic E-state index is 14.9. The number of anilines is 2. The van der Waals surface area contributed by atoms with E-state index < -0.39 is 11.8 Å². The van der Waals surface area contributed by atoms with Crippen LogP contribution in [0.25, 0.3) is 0 Å². The minimum atomic E-state index is -0.538. The maximum absolute atomic E-state index is 14.9. The number of nitrogens with one attached hydrogen (secondary N) is 2. The highest BCUT2D eigenvalue weighted by Gasteiger charge is 2.18. The highest BCUT2D eigenvalue weighted by molar-refractivity contribution is 5.99. The third-order valence-corrected chi connectivity index (χ3v) is 4.25. The van der Waals surface area contributed by atoms with Gasteiger partial charge in [-0.3, -0.25) is 4.98 Å². The molecule has 142 valence electrons. The molecule has 2 aliphatic heterocycles. The lowest BCUT2D eigenvalue weighted by molar-refractivity contribution is 0.262. The molecule has 9 heteroatoms. The van der Waals surface area contributed by atoms with Gasteiger partial charge in [0.15, 0.2) is 11.6 Å². The molecule has 0 aliphatic carbocycles. The topological polar surface area (TPSA) is 85.2 Å². The predicted octanol–water partition coefficient (Wildman–Crippen LogP) is 3.98. The van der Waals surface area contributed by atoms with E-state index in [4.69, 9.17) is 0 Å². The number of pyridine rings is 1. The molecule has 2 N–H and O–H groups in total. The van der Waals surface area contributed by atoms with E-state index in [1.807, 2.05) is 29.1 Å². The van der Waals surface area contributed by atoms with Crippen molar-refractivity contribution in [2.24, 2.45) is 10.2 Å². The quantitative estimate of drug-likeness (QED) is 0.841. The van der Waals surface area contributed by atoms with Gasteiger partial charge in [0.1, 0.15) is 6.67 Å². The van der Waals surface area contributed by atoms with Crippen molar-refractivity contribution in [3.8, 4) is 0 Å². The van der Waals surface area contributed by atoms with Gasteiger partial charge in [-0.1, -0.05) is 12.1 Å². The van der Waals surface area contributed by atoms with E-state index in [0.29, 0.717) is 30.3 Å². The number of aryl methyl sites for hydroxylation is 1. The monoisotopic (exact) mass is 379 g/mol. The zero-order valence-corrected chi connectivity index (χ0v) is 15.1. The van der Waals surface area contributed by atoms with Crippen LogP contribution in [-0.4, -0.2) is 27.5 Å². The van der Waals surface area contributed by atoms with Gasteiger partial charge < -0.3 is 20.4 Å². The number of azo groups is 1. The first kappa shape index (κ1) is 17.7. The van der Waals surface area contributed by atoms with Gasteiger partial charge in [-0.05, 0) is 25.1 Å². The van der Waals surface area contributed by atoms with Crippen molar-refractivity contribution < 1.29 is 9.18 Å². The molecule has 28 heavy (non-hydrogen) atoms. The van der Waals surface area contributed by atoms with E-state index in [9.17, 15) is 9.18 Å². The summed E-state index contributed by atoms with van der Waals surface area (Å²) in [7, 11) is 0. The van der Waals surface area contributed by atoms with Crippen LogP contribution in [0.1, 0.15) is 11.3 Å². The smallest absolute Gasteiger partial charge is 0.323 e. The van der Waals surface area contributed by atoms with E-state index in [-0.39, 0.29) is 5.69 Å². The Labute approximate surface area is 161 Å². The van der Waals surface area contributed by atoms with Crippen LogP contribution in [0.5, 0.6) is 0 Å². The molecule has 0 radical (unpaired) electrons. The van der Waals surface area contributed by atoms with Crippen LogP contribution in [0.4, 0.5) is 20.6 Å². The minimum absolute atomic E-state index is 0.103. The van der Waals surface area contributed by atoms with Crippen molar-refractivity contribution in [3.63, 3.8) is 0 Å². The number of fused-ring (bicyclic) bond motifs is 1. The summed E-state index contributed by atoms with van der Waals surface area (Å²) in [4.78, 5) is 20.0. The summed E-state index contributed by atoms with van der Waals surface area (Å²) in [6, 6.07) is 7.87. The summed E-state index contributed by atoms with van der Waals surface area (Å²) in [6.45, 7) is 2.65. The molecule has 8 nitrogen and oxygen atoms in total. The molecule has 2 amide bonds. The van der Waals surface area contributed by atoms with Crippen LogP contribution >= 0.6 is 0 Å². The molecule has 1 aromatic heterocycles. The van der Waals surface area contributed by atoms with E-state index in [1.54, 1.807) is 36.7 Å². The van der Waals surface area contributed by atoms with Crippen molar-refractivity contribution in [2.75, 3.05) is 17.3 Å². The zero-order chi connectivity index (χ0) is 19.5. The second-order valence-electron chi connectivity index (χ2n) is 6.36. The molecule has 2 aromatic rings. The molecule has 0 saturated carbocycles. The van der Waals surface area contributed by atoms with Crippen LogP contribution in [0, 0.1) is 12.7 Å². The van der Waals surface area contributed by atoms with Crippen LogP contribution in [0.15, 0.2) is 71.2 Å². The van der Waals surface area contributed by atoms with Gasteiger partial charge >= 0.3 is 6.03 Å². The molecule has 4 rings (SSSR count). The third-order valence-electron chi connectivity index (χ3n) is 4.25. The highest BCUT2D eigenvalue weighted by Crippen LogP contribution is 2.24. The normalized spacial score (nSPS) is 14.7. The maximum Gasteiger partial charge on any atom is 0.323 e. The number of amides is 2. The number of carbonyl (C=O) groups excluding carboxylic acids is 1. The predicted molar refractivity (Wildman–Crippen MR) is 102 cm³/mol. The Balaban J connectivity index is 1.44. The Kier molecular flexibility index (Phi) is 4.71. The van der Waals surface area contributed by atoms with Gasteiger partial charge in [0.05, 0.1) is 24.1 Å². The first-order valence-electron chi connectivity index (χ1n) is 8.66. The Bertz CT molecular complexity index is 984. The number of hydrogen-bond donors (Lipinski definition) is 2. The Morgan fingerprint density at radius 3 is 2.93 bits per heavy atom. The van der Waals surface area contributed by atoms with E-state index in [1.165, 1.54) is 6.07 Å². The SMILES string of the molecule is Cc1ccc(NC(=O)Nc2cccc(CN3C=CN4CN=NC4=C3)c2F)cn1. The number of carbonyl (C=O) groups is 1. The fraction of sp³-hybridized carbons (Fsp3) is 0.158. The van der Waals surface area contributed by atoms with Crippen molar-refractivity contribution in [3.05, 3.63) is 78.0 Å². The highest BCUT2D eigenvalue weighted by atomic mass is 19.1. The summed E-state index contributed by atoms with van der Waals surface area (Å²) >= 11 is 0. The van der Waals surface area contributed by atoms with Crippen LogP contribution in [0.3, 0.4) is 0 Å². The molecule has 0 fully saturated rings. The summed E-state index contributed by atoms with van der Waals surface area (Å²) in [5.74, 6) is 0.227. The summed E-state index contributed by atoms with van der Waals surface area (Å²) in [6.07, 6.45) is 7.02. The van der Waals surface area contributed by atoms with Crippen LogP contribution in [0.2, 0.25) is 0 Å². The first-order valence-corrected chi connectivity index (χ1v) is 8.66. The molecule has 0 unspecified atom stereocenters. The van der Waals surface area contributed by atoms with Crippen LogP contribution < -0.4 is 10.6 Å². The number of aromatic nitrogens is 1. The number of hydrogen-bond acceptors (Lipinski definition) is 6. The van der Waals surface area contributed by atoms with Crippen molar-refractivity contribution >= 4 is 17.4 Å². The molecule has 0 saturated heterocycles. The summed E-state index contributed by atoms with van der Waals surface area (Å²) in [5, 5.41) is 13.1. The number of rotatable bonds is 4. The summed E-state index contributed by atoms with van der Waals surface area (Å²) < 4.78 is 14.9. The molecule has 0 bridgehead atoms. The average Bonchev–Trinajstić information content (AvgIpc) is 3.15. The van der Waals surface area contributed by atoms with E-state index in [2.05, 4.69) is 25.8 Å². The average molecular weight is 379 g/mol. The van der Waals surface area contributed by atoms with Crippen molar-refractivity contribution in [1.82, 2.24) is 14.8 Å². The Morgan fingerprint density at radius 1 is 1.21 bits per heavy atom. The lowest BCUT2D eigenvalue weighted by atomic mass is 10.1. The van der Waals surface area contributed by atoms with Gasteiger partial charge in [-0.15, -0.1) is 5.11 Å². The van der Waals surface area contributed by atoms with Gasteiger partial charge in [0, 0.05) is 29.9 Å². The Morgan fingerprint density at radius 2 is 2.11 bits per heavy atom. The first-order chi connectivity index (χ1) is 13.6. The molecular formula is C19H18FN7O. The second-order valence-corrected chi connectivity index (χ2v) is 6.36. The van der Waals surface area contributed by atoms with Gasteiger partial charge in [0.2, 0.25) is 0 Å². The number of urea groups is 1. The Hall–Kier alpha value is -3.75. The lowest BCUT2D eigenvalue weighted by Gasteiger charge is -2.24. The van der Waals surface area contributed by atoms with Gasteiger partial charge in [0.25, 0.3) is 0 Å². The lowest BCUT2D eigenvalue weighted by Crippen LogP contribution is -2.23. The van der Waals surface area contributed by atoms with Gasteiger partial charge in [-0.25, -0.2) is 9.18 Å². The number of halogens is 1. The molecule has 1 aromatic carbocycles. The van der Waals surface area contributed by atoms with E-state index in [0.717, 1.165) is 5.69 Å². The van der Waals surface area contributed by atoms with Crippen molar-refractivity contribution in [1.29, 1.82) is 0 Å². The van der Waals surface area contributed by atoms with Gasteiger partial charge in [-0.2, -0.15) is 5.11 Å². The largest absolute Gasteiger partial charge is 0.345 e. The number of benzene rings is 1. The molecule has 0 atom stereocenters. The second kappa shape index (κ2) is 7.47. The van der Waals surface area contributed by atoms with Crippen molar-refractivity contribution in [2.45, 2.75) is 13.5 Å². The fourth-order valence-corrected chi connectivity index (χ4v) is 2.80. The number of nitrogens with zero attached hydrogens (tertiary/aromatic N) is 5. The molecule has 3 heterocycles. The zero-order valence-electron chi connectivity index (χ0n) is 15.1. The molecular weight excluding hydrogens is 361 g/mol.